The van der Waals surface area contributed by atoms with Crippen molar-refractivity contribution in [3.05, 3.63) is 12.7 Å². The maximum absolute atomic E-state index is 6.25. The second kappa shape index (κ2) is 5.68. The van der Waals surface area contributed by atoms with E-state index in [0.29, 0.717) is 6.61 Å². The quantitative estimate of drug-likeness (QED) is 0.562. The molecule has 3 nitrogen and oxygen atoms in total. The standard InChI is InChI=1S/C15H30O3Si/c1-9-10-12-13(18-15(5,6)17-12)11-16-19(7,8)14(2,3)4/h9,12-13H,1,10-11H2,2-8H3/t12-,13-/m1/s1. The fourth-order valence-corrected chi connectivity index (χ4v) is 2.94. The molecule has 0 saturated carbocycles. The Hall–Kier alpha value is -0.163. The highest BCUT2D eigenvalue weighted by atomic mass is 28.4. The maximum atomic E-state index is 6.25. The van der Waals surface area contributed by atoms with Crippen LogP contribution in [0.2, 0.25) is 18.1 Å². The third-order valence-electron chi connectivity index (χ3n) is 4.10. The average Bonchev–Trinajstić information content (AvgIpc) is 2.49. The van der Waals surface area contributed by atoms with Gasteiger partial charge in [-0.2, -0.15) is 0 Å². The molecule has 4 heteroatoms. The van der Waals surface area contributed by atoms with Crippen LogP contribution in [-0.2, 0) is 13.9 Å². The summed E-state index contributed by atoms with van der Waals surface area (Å²) in [6, 6.07) is 0. The molecule has 1 fully saturated rings. The van der Waals surface area contributed by atoms with Gasteiger partial charge in [-0.05, 0) is 38.4 Å². The van der Waals surface area contributed by atoms with Gasteiger partial charge >= 0.3 is 0 Å². The minimum Gasteiger partial charge on any atom is -0.414 e. The van der Waals surface area contributed by atoms with Gasteiger partial charge in [0, 0.05) is 0 Å². The molecule has 0 N–H and O–H groups in total. The second-order valence-corrected chi connectivity index (χ2v) is 12.1. The SMILES string of the molecule is C=CC[C@H]1OC(C)(C)O[C@@H]1CO[Si](C)(C)C(C)(C)C. The first-order chi connectivity index (χ1) is 8.48. The van der Waals surface area contributed by atoms with Crippen molar-refractivity contribution in [3.8, 4) is 0 Å². The summed E-state index contributed by atoms with van der Waals surface area (Å²) >= 11 is 0. The predicted molar refractivity (Wildman–Crippen MR) is 81.8 cm³/mol. The molecule has 0 spiro atoms. The van der Waals surface area contributed by atoms with E-state index in [4.69, 9.17) is 13.9 Å². The lowest BCUT2D eigenvalue weighted by Crippen LogP contribution is -2.44. The molecule has 112 valence electrons. The molecule has 1 aliphatic heterocycles. The Morgan fingerprint density at radius 1 is 1.21 bits per heavy atom. The van der Waals surface area contributed by atoms with Crippen LogP contribution in [0.25, 0.3) is 0 Å². The highest BCUT2D eigenvalue weighted by Crippen LogP contribution is 2.38. The van der Waals surface area contributed by atoms with Crippen LogP contribution in [0.3, 0.4) is 0 Å². The fraction of sp³-hybridized carbons (Fsp3) is 0.867. The summed E-state index contributed by atoms with van der Waals surface area (Å²) in [5.74, 6) is -0.519. The van der Waals surface area contributed by atoms with Gasteiger partial charge in [0.2, 0.25) is 0 Å². The number of ether oxygens (including phenoxy) is 2. The molecule has 0 aromatic heterocycles. The van der Waals surface area contributed by atoms with Gasteiger partial charge < -0.3 is 13.9 Å². The Morgan fingerprint density at radius 3 is 2.21 bits per heavy atom. The average molecular weight is 286 g/mol. The molecule has 0 aromatic carbocycles. The molecule has 0 aromatic rings. The lowest BCUT2D eigenvalue weighted by molar-refractivity contribution is -0.148. The van der Waals surface area contributed by atoms with Gasteiger partial charge in [-0.1, -0.05) is 26.8 Å². The largest absolute Gasteiger partial charge is 0.414 e. The maximum Gasteiger partial charge on any atom is 0.192 e. The zero-order valence-electron chi connectivity index (χ0n) is 13.6. The summed E-state index contributed by atoms with van der Waals surface area (Å²) in [5.41, 5.74) is 0. The third kappa shape index (κ3) is 4.41. The van der Waals surface area contributed by atoms with Crippen LogP contribution in [0.5, 0.6) is 0 Å². The Labute approximate surface area is 119 Å². The molecule has 0 radical (unpaired) electrons. The van der Waals surface area contributed by atoms with Crippen LogP contribution in [0.1, 0.15) is 41.0 Å². The van der Waals surface area contributed by atoms with E-state index in [1.807, 2.05) is 19.9 Å². The Balaban J connectivity index is 2.63. The normalized spacial score (nSPS) is 27.5. The zero-order valence-corrected chi connectivity index (χ0v) is 14.6. The molecule has 0 unspecified atom stereocenters. The molecule has 2 atom stereocenters. The van der Waals surface area contributed by atoms with E-state index in [0.717, 1.165) is 6.42 Å². The molecule has 19 heavy (non-hydrogen) atoms. The molecule has 1 rings (SSSR count). The lowest BCUT2D eigenvalue weighted by Gasteiger charge is -2.37. The second-order valence-electron chi connectivity index (χ2n) is 7.31. The van der Waals surface area contributed by atoms with Crippen LogP contribution >= 0.6 is 0 Å². The van der Waals surface area contributed by atoms with Crippen molar-refractivity contribution in [1.29, 1.82) is 0 Å². The highest BCUT2D eigenvalue weighted by molar-refractivity contribution is 6.74. The van der Waals surface area contributed by atoms with Gasteiger partial charge in [-0.3, -0.25) is 0 Å². The van der Waals surface area contributed by atoms with Gasteiger partial charge in [0.25, 0.3) is 0 Å². The van der Waals surface area contributed by atoms with Crippen molar-refractivity contribution in [2.75, 3.05) is 6.61 Å². The Morgan fingerprint density at radius 2 is 1.74 bits per heavy atom. The molecule has 1 heterocycles. The molecular formula is C15H30O3Si. The highest BCUT2D eigenvalue weighted by Gasteiger charge is 2.43. The monoisotopic (exact) mass is 286 g/mol. The summed E-state index contributed by atoms with van der Waals surface area (Å²) in [5, 5.41) is 0.218. The third-order valence-corrected chi connectivity index (χ3v) is 8.60. The first kappa shape index (κ1) is 16.9. The molecule has 0 bridgehead atoms. The van der Waals surface area contributed by atoms with E-state index < -0.39 is 14.1 Å². The first-order valence-electron chi connectivity index (χ1n) is 7.09. The Kier molecular flexibility index (Phi) is 5.05. The zero-order chi connectivity index (χ0) is 14.9. The van der Waals surface area contributed by atoms with E-state index in [2.05, 4.69) is 40.4 Å². The van der Waals surface area contributed by atoms with E-state index in [9.17, 15) is 0 Å². The van der Waals surface area contributed by atoms with Crippen molar-refractivity contribution in [3.63, 3.8) is 0 Å². The van der Waals surface area contributed by atoms with E-state index in [1.165, 1.54) is 0 Å². The molecule has 0 amide bonds. The van der Waals surface area contributed by atoms with Gasteiger partial charge in [0.15, 0.2) is 14.1 Å². The van der Waals surface area contributed by atoms with Gasteiger partial charge in [0.05, 0.1) is 12.7 Å². The molecule has 1 saturated heterocycles. The number of hydrogen-bond acceptors (Lipinski definition) is 3. The first-order valence-corrected chi connectivity index (χ1v) is 10.00. The van der Waals surface area contributed by atoms with Crippen molar-refractivity contribution < 1.29 is 13.9 Å². The van der Waals surface area contributed by atoms with Crippen molar-refractivity contribution in [2.45, 2.75) is 77.2 Å². The van der Waals surface area contributed by atoms with Gasteiger partial charge in [0.1, 0.15) is 6.10 Å². The Bertz CT molecular complexity index is 318. The van der Waals surface area contributed by atoms with Crippen LogP contribution < -0.4 is 0 Å². The van der Waals surface area contributed by atoms with Crippen LogP contribution in [0.15, 0.2) is 12.7 Å². The fourth-order valence-electron chi connectivity index (χ4n) is 1.92. The predicted octanol–water partition coefficient (Wildman–Crippen LogP) is 4.10. The van der Waals surface area contributed by atoms with E-state index in [-0.39, 0.29) is 17.2 Å². The molecule has 1 aliphatic rings. The topological polar surface area (TPSA) is 27.7 Å². The summed E-state index contributed by atoms with van der Waals surface area (Å²) in [6.07, 6.45) is 2.74. The molecule has 0 aliphatic carbocycles. The van der Waals surface area contributed by atoms with Crippen LogP contribution in [-0.4, -0.2) is 32.9 Å². The minimum atomic E-state index is -1.73. The van der Waals surface area contributed by atoms with E-state index in [1.54, 1.807) is 0 Å². The molecular weight excluding hydrogens is 256 g/mol. The minimum absolute atomic E-state index is 0.00197. The lowest BCUT2D eigenvalue weighted by atomic mass is 10.1. The van der Waals surface area contributed by atoms with Gasteiger partial charge in [-0.25, -0.2) is 0 Å². The smallest absolute Gasteiger partial charge is 0.192 e. The van der Waals surface area contributed by atoms with Crippen LogP contribution in [0.4, 0.5) is 0 Å². The summed E-state index contributed by atoms with van der Waals surface area (Å²) in [6.45, 7) is 19.6. The summed E-state index contributed by atoms with van der Waals surface area (Å²) < 4.78 is 18.1. The van der Waals surface area contributed by atoms with Crippen molar-refractivity contribution >= 4 is 8.32 Å². The summed E-state index contributed by atoms with van der Waals surface area (Å²) in [7, 11) is -1.73. The van der Waals surface area contributed by atoms with Gasteiger partial charge in [-0.15, -0.1) is 6.58 Å². The van der Waals surface area contributed by atoms with Crippen molar-refractivity contribution in [2.24, 2.45) is 0 Å². The number of rotatable bonds is 5. The van der Waals surface area contributed by atoms with E-state index >= 15 is 0 Å². The number of hydrogen-bond donors (Lipinski definition) is 0. The van der Waals surface area contributed by atoms with Crippen molar-refractivity contribution in [1.82, 2.24) is 0 Å². The summed E-state index contributed by atoms with van der Waals surface area (Å²) in [4.78, 5) is 0. The van der Waals surface area contributed by atoms with Crippen LogP contribution in [0, 0.1) is 0 Å².